The van der Waals surface area contributed by atoms with Crippen LogP contribution in [0.3, 0.4) is 0 Å². The summed E-state index contributed by atoms with van der Waals surface area (Å²) in [6, 6.07) is 4.04. The summed E-state index contributed by atoms with van der Waals surface area (Å²) in [6.45, 7) is 3.82. The van der Waals surface area contributed by atoms with E-state index in [-0.39, 0.29) is 0 Å². The predicted octanol–water partition coefficient (Wildman–Crippen LogP) is 6.23. The van der Waals surface area contributed by atoms with Crippen LogP contribution < -0.4 is 0 Å². The zero-order valence-electron chi connectivity index (χ0n) is 13.2. The lowest BCUT2D eigenvalue weighted by Crippen LogP contribution is -2.30. The molecule has 4 unspecified atom stereocenters. The zero-order valence-corrected chi connectivity index (χ0v) is 13.2. The molecule has 22 heavy (non-hydrogen) atoms. The van der Waals surface area contributed by atoms with Gasteiger partial charge in [0.25, 0.3) is 0 Å². The van der Waals surface area contributed by atoms with E-state index in [0.29, 0.717) is 5.92 Å². The maximum Gasteiger partial charge on any atom is 0.126 e. The first-order valence-corrected chi connectivity index (χ1v) is 8.72. The smallest absolute Gasteiger partial charge is 0.126 e. The highest BCUT2D eigenvalue weighted by atomic mass is 19.1. The van der Waals surface area contributed by atoms with E-state index in [0.717, 1.165) is 48.6 Å². The number of rotatable bonds is 4. The summed E-state index contributed by atoms with van der Waals surface area (Å²) in [5, 5.41) is 0. The van der Waals surface area contributed by atoms with Crippen LogP contribution in [0.2, 0.25) is 0 Å². The third kappa shape index (κ3) is 3.59. The first-order valence-electron chi connectivity index (χ1n) is 8.72. The molecule has 0 bridgehead atoms. The van der Waals surface area contributed by atoms with E-state index in [9.17, 15) is 8.78 Å². The van der Waals surface area contributed by atoms with E-state index in [1.54, 1.807) is 0 Å². The van der Waals surface area contributed by atoms with Crippen molar-refractivity contribution in [3.05, 3.63) is 48.1 Å². The Morgan fingerprint density at radius 3 is 2.36 bits per heavy atom. The third-order valence-corrected chi connectivity index (χ3v) is 5.86. The minimum Gasteiger partial charge on any atom is -0.207 e. The van der Waals surface area contributed by atoms with Gasteiger partial charge in [-0.15, -0.1) is 6.58 Å². The van der Waals surface area contributed by atoms with Crippen molar-refractivity contribution >= 4 is 0 Å². The van der Waals surface area contributed by atoms with Crippen LogP contribution in [-0.4, -0.2) is 0 Å². The van der Waals surface area contributed by atoms with E-state index in [2.05, 4.69) is 6.58 Å². The van der Waals surface area contributed by atoms with Crippen LogP contribution in [-0.2, 0) is 0 Å². The summed E-state index contributed by atoms with van der Waals surface area (Å²) in [5.41, 5.74) is 0.865. The van der Waals surface area contributed by atoms with Gasteiger partial charge in [-0.25, -0.2) is 8.78 Å². The lowest BCUT2D eigenvalue weighted by molar-refractivity contribution is 0.115. The van der Waals surface area contributed by atoms with Gasteiger partial charge in [0.2, 0.25) is 0 Å². The predicted molar refractivity (Wildman–Crippen MR) is 86.7 cm³/mol. The summed E-state index contributed by atoms with van der Waals surface area (Å²) in [6.07, 6.45) is 11.8. The minimum absolute atomic E-state index is 0.344. The van der Waals surface area contributed by atoms with Crippen LogP contribution in [0, 0.1) is 29.4 Å². The Hall–Kier alpha value is -1.18. The van der Waals surface area contributed by atoms with E-state index in [4.69, 9.17) is 0 Å². The molecule has 4 atom stereocenters. The van der Waals surface area contributed by atoms with Gasteiger partial charge in [-0.05, 0) is 86.3 Å². The van der Waals surface area contributed by atoms with E-state index in [1.807, 2.05) is 6.08 Å². The van der Waals surface area contributed by atoms with Crippen molar-refractivity contribution in [2.24, 2.45) is 17.8 Å². The highest BCUT2D eigenvalue weighted by Crippen LogP contribution is 2.48. The number of hydrogen-bond donors (Lipinski definition) is 0. The average molecular weight is 304 g/mol. The summed E-state index contributed by atoms with van der Waals surface area (Å²) in [7, 11) is 0. The molecule has 0 spiro atoms. The highest BCUT2D eigenvalue weighted by Gasteiger charge is 2.35. The maximum absolute atomic E-state index is 13.4. The van der Waals surface area contributed by atoms with Gasteiger partial charge in [-0.2, -0.15) is 0 Å². The second kappa shape index (κ2) is 6.93. The molecule has 0 heterocycles. The van der Waals surface area contributed by atoms with Crippen molar-refractivity contribution in [2.45, 2.75) is 57.3 Å². The molecule has 1 aromatic carbocycles. The third-order valence-electron chi connectivity index (χ3n) is 5.86. The van der Waals surface area contributed by atoms with Gasteiger partial charge in [0.05, 0.1) is 0 Å². The van der Waals surface area contributed by atoms with Gasteiger partial charge in [0.1, 0.15) is 11.6 Å². The van der Waals surface area contributed by atoms with Gasteiger partial charge < -0.3 is 0 Å². The van der Waals surface area contributed by atoms with Crippen molar-refractivity contribution in [2.75, 3.05) is 0 Å². The Kier molecular flexibility index (Phi) is 4.95. The lowest BCUT2D eigenvalue weighted by atomic mass is 9.63. The van der Waals surface area contributed by atoms with E-state index >= 15 is 0 Å². The fourth-order valence-electron chi connectivity index (χ4n) is 4.72. The molecule has 0 aromatic heterocycles. The van der Waals surface area contributed by atoms with Crippen LogP contribution in [0.5, 0.6) is 0 Å². The Balaban J connectivity index is 1.62. The number of allylic oxidation sites excluding steroid dienone is 1. The summed E-state index contributed by atoms with van der Waals surface area (Å²) < 4.78 is 26.9. The molecule has 1 aromatic rings. The van der Waals surface area contributed by atoms with Crippen molar-refractivity contribution in [1.82, 2.24) is 0 Å². The van der Waals surface area contributed by atoms with Crippen LogP contribution in [0.1, 0.15) is 62.8 Å². The molecule has 3 rings (SSSR count). The Bertz CT molecular complexity index is 502. The second-order valence-electron chi connectivity index (χ2n) is 7.28. The fraction of sp³-hybridized carbons (Fsp3) is 0.600. The molecule has 0 radical (unpaired) electrons. The second-order valence-corrected chi connectivity index (χ2v) is 7.28. The summed E-state index contributed by atoms with van der Waals surface area (Å²) in [5.74, 6) is 1.91. The largest absolute Gasteiger partial charge is 0.207 e. The molecule has 2 saturated carbocycles. The van der Waals surface area contributed by atoms with Gasteiger partial charge in [0.15, 0.2) is 0 Å². The Morgan fingerprint density at radius 1 is 0.955 bits per heavy atom. The van der Waals surface area contributed by atoms with Crippen molar-refractivity contribution < 1.29 is 8.78 Å². The molecular weight excluding hydrogens is 278 g/mol. The minimum atomic E-state index is -0.440. The van der Waals surface area contributed by atoms with Crippen LogP contribution >= 0.6 is 0 Å². The normalized spacial score (nSPS) is 31.5. The Labute approximate surface area is 132 Å². The summed E-state index contributed by atoms with van der Waals surface area (Å²) in [4.78, 5) is 0. The highest BCUT2D eigenvalue weighted by molar-refractivity contribution is 5.22. The van der Waals surface area contributed by atoms with E-state index in [1.165, 1.54) is 44.2 Å². The SMILES string of the molecule is C=CCCC1CCC2CC(c3cc(F)cc(F)c3)CCC2C1. The van der Waals surface area contributed by atoms with Crippen LogP contribution in [0.25, 0.3) is 0 Å². The van der Waals surface area contributed by atoms with Gasteiger partial charge in [-0.1, -0.05) is 12.5 Å². The number of hydrogen-bond acceptors (Lipinski definition) is 0. The molecule has 0 N–H and O–H groups in total. The van der Waals surface area contributed by atoms with Gasteiger partial charge in [-0.3, -0.25) is 0 Å². The molecule has 2 heteroatoms. The molecule has 2 aliphatic carbocycles. The molecule has 0 amide bonds. The topological polar surface area (TPSA) is 0 Å². The van der Waals surface area contributed by atoms with Gasteiger partial charge in [0, 0.05) is 6.07 Å². The molecular formula is C20H26F2. The van der Waals surface area contributed by atoms with E-state index < -0.39 is 11.6 Å². The van der Waals surface area contributed by atoms with Crippen LogP contribution in [0.4, 0.5) is 8.78 Å². The first-order chi connectivity index (χ1) is 10.7. The first kappa shape index (κ1) is 15.7. The fourth-order valence-corrected chi connectivity index (χ4v) is 4.72. The number of fused-ring (bicyclic) bond motifs is 1. The molecule has 120 valence electrons. The molecule has 0 nitrogen and oxygen atoms in total. The Morgan fingerprint density at radius 2 is 1.64 bits per heavy atom. The molecule has 0 aliphatic heterocycles. The van der Waals surface area contributed by atoms with Crippen molar-refractivity contribution in [1.29, 1.82) is 0 Å². The quantitative estimate of drug-likeness (QED) is 0.578. The van der Waals surface area contributed by atoms with Crippen molar-refractivity contribution in [3.63, 3.8) is 0 Å². The monoisotopic (exact) mass is 304 g/mol. The molecule has 2 fully saturated rings. The average Bonchev–Trinajstić information content (AvgIpc) is 2.51. The standard InChI is InChI=1S/C20H26F2/c1-2-3-4-14-5-6-16-10-17(8-7-15(16)9-14)18-11-19(21)13-20(22)12-18/h2,11-17H,1,3-10H2. The number of benzene rings is 1. The molecule has 0 saturated heterocycles. The summed E-state index contributed by atoms with van der Waals surface area (Å²) >= 11 is 0. The van der Waals surface area contributed by atoms with Crippen LogP contribution in [0.15, 0.2) is 30.9 Å². The number of halogens is 2. The lowest BCUT2D eigenvalue weighted by Gasteiger charge is -2.42. The molecule has 2 aliphatic rings. The van der Waals surface area contributed by atoms with Crippen molar-refractivity contribution in [3.8, 4) is 0 Å². The maximum atomic E-state index is 13.4. The van der Waals surface area contributed by atoms with Gasteiger partial charge >= 0.3 is 0 Å². The zero-order chi connectivity index (χ0) is 15.5.